The van der Waals surface area contributed by atoms with Crippen LogP contribution >= 0.6 is 0 Å². The van der Waals surface area contributed by atoms with Gasteiger partial charge in [0.15, 0.2) is 0 Å². The minimum Gasteiger partial charge on any atom is -0.508 e. The summed E-state index contributed by atoms with van der Waals surface area (Å²) < 4.78 is 48.0. The quantitative estimate of drug-likeness (QED) is 0.681. The van der Waals surface area contributed by atoms with Crippen molar-refractivity contribution in [1.29, 1.82) is 0 Å². The molecular formula is C8H6F4O. The van der Waals surface area contributed by atoms with Gasteiger partial charge in [-0.1, -0.05) is 6.07 Å². The Bertz CT molecular complexity index is 306. The van der Waals surface area contributed by atoms with Gasteiger partial charge in [0.05, 0.1) is 5.56 Å². The van der Waals surface area contributed by atoms with Gasteiger partial charge in [0, 0.05) is 5.56 Å². The van der Waals surface area contributed by atoms with E-state index < -0.39 is 24.2 Å². The fraction of sp³-hybridized carbons (Fsp3) is 0.250. The van der Waals surface area contributed by atoms with Crippen molar-refractivity contribution in [1.82, 2.24) is 0 Å². The Balaban J connectivity index is 3.10. The first-order valence-corrected chi connectivity index (χ1v) is 3.40. The van der Waals surface area contributed by atoms with E-state index in [0.29, 0.717) is 6.07 Å². The first kappa shape index (κ1) is 9.83. The zero-order chi connectivity index (χ0) is 10.1. The van der Waals surface area contributed by atoms with Gasteiger partial charge in [-0.05, 0) is 12.1 Å². The highest BCUT2D eigenvalue weighted by molar-refractivity contribution is 5.37. The number of benzene rings is 1. The molecule has 1 nitrogen and oxygen atoms in total. The van der Waals surface area contributed by atoms with E-state index in [1.807, 2.05) is 0 Å². The molecule has 0 fully saturated rings. The van der Waals surface area contributed by atoms with Crippen LogP contribution in [0.1, 0.15) is 11.1 Å². The van der Waals surface area contributed by atoms with Crippen LogP contribution in [0, 0.1) is 0 Å². The Hall–Kier alpha value is -1.26. The molecule has 13 heavy (non-hydrogen) atoms. The highest BCUT2D eigenvalue weighted by Crippen LogP contribution is 2.32. The summed E-state index contributed by atoms with van der Waals surface area (Å²) in [7, 11) is 0. The highest BCUT2D eigenvalue weighted by atomic mass is 19.4. The van der Waals surface area contributed by atoms with E-state index in [4.69, 9.17) is 5.11 Å². The third kappa shape index (κ3) is 2.11. The van der Waals surface area contributed by atoms with E-state index in [2.05, 4.69) is 0 Å². The van der Waals surface area contributed by atoms with Crippen LogP contribution in [-0.2, 0) is 12.9 Å². The van der Waals surface area contributed by atoms with Crippen LogP contribution in [0.2, 0.25) is 0 Å². The van der Waals surface area contributed by atoms with Crippen molar-refractivity contribution in [2.75, 3.05) is 0 Å². The van der Waals surface area contributed by atoms with Gasteiger partial charge in [0.25, 0.3) is 0 Å². The zero-order valence-electron chi connectivity index (χ0n) is 6.40. The lowest BCUT2D eigenvalue weighted by atomic mass is 10.1. The number of hydrogen-bond acceptors (Lipinski definition) is 1. The SMILES string of the molecule is Oc1cc(C(F)(F)F)ccc1CF. The molecule has 72 valence electrons. The van der Waals surface area contributed by atoms with Crippen molar-refractivity contribution < 1.29 is 22.7 Å². The van der Waals surface area contributed by atoms with Crippen LogP contribution in [-0.4, -0.2) is 5.11 Å². The first-order valence-electron chi connectivity index (χ1n) is 3.40. The van der Waals surface area contributed by atoms with Crippen LogP contribution in [0.5, 0.6) is 5.75 Å². The Morgan fingerprint density at radius 2 is 1.85 bits per heavy atom. The van der Waals surface area contributed by atoms with Crippen LogP contribution < -0.4 is 0 Å². The molecule has 0 aliphatic rings. The number of rotatable bonds is 1. The number of hydrogen-bond donors (Lipinski definition) is 1. The average Bonchev–Trinajstić information content (AvgIpc) is 2.02. The van der Waals surface area contributed by atoms with Crippen molar-refractivity contribution in [2.24, 2.45) is 0 Å². The molecule has 1 rings (SSSR count). The minimum atomic E-state index is -4.51. The highest BCUT2D eigenvalue weighted by Gasteiger charge is 2.30. The molecule has 0 radical (unpaired) electrons. The second-order valence-corrected chi connectivity index (χ2v) is 2.47. The van der Waals surface area contributed by atoms with E-state index in [1.165, 1.54) is 0 Å². The largest absolute Gasteiger partial charge is 0.508 e. The monoisotopic (exact) mass is 194 g/mol. The maximum atomic E-state index is 12.0. The number of phenols is 1. The van der Waals surface area contributed by atoms with Crippen molar-refractivity contribution in [3.8, 4) is 5.75 Å². The van der Waals surface area contributed by atoms with Crippen LogP contribution in [0.15, 0.2) is 18.2 Å². The Kier molecular flexibility index (Phi) is 2.45. The third-order valence-corrected chi connectivity index (χ3v) is 1.56. The summed E-state index contributed by atoms with van der Waals surface area (Å²) in [5.41, 5.74) is -1.13. The van der Waals surface area contributed by atoms with Crippen molar-refractivity contribution >= 4 is 0 Å². The van der Waals surface area contributed by atoms with E-state index in [9.17, 15) is 17.6 Å². The molecular weight excluding hydrogens is 188 g/mol. The molecule has 0 aliphatic heterocycles. The summed E-state index contributed by atoms with van der Waals surface area (Å²) in [6.45, 7) is -0.982. The molecule has 0 unspecified atom stereocenters. The summed E-state index contributed by atoms with van der Waals surface area (Å²) >= 11 is 0. The van der Waals surface area contributed by atoms with Gasteiger partial charge >= 0.3 is 6.18 Å². The third-order valence-electron chi connectivity index (χ3n) is 1.56. The summed E-state index contributed by atoms with van der Waals surface area (Å²) in [4.78, 5) is 0. The molecule has 0 heterocycles. The predicted octanol–water partition coefficient (Wildman–Crippen LogP) is 2.88. The number of halogens is 4. The van der Waals surface area contributed by atoms with Gasteiger partial charge in [-0.2, -0.15) is 13.2 Å². The fourth-order valence-electron chi connectivity index (χ4n) is 0.853. The molecule has 0 atom stereocenters. The van der Waals surface area contributed by atoms with Crippen molar-refractivity contribution in [2.45, 2.75) is 12.9 Å². The predicted molar refractivity (Wildman–Crippen MR) is 37.9 cm³/mol. The molecule has 0 saturated heterocycles. The Morgan fingerprint density at radius 3 is 2.23 bits per heavy atom. The van der Waals surface area contributed by atoms with Gasteiger partial charge in [-0.15, -0.1) is 0 Å². The van der Waals surface area contributed by atoms with Gasteiger partial charge in [-0.3, -0.25) is 0 Å². The summed E-state index contributed by atoms with van der Waals surface area (Å²) in [6, 6.07) is 2.15. The van der Waals surface area contributed by atoms with E-state index >= 15 is 0 Å². The molecule has 0 saturated carbocycles. The first-order chi connectivity index (χ1) is 5.95. The molecule has 0 bridgehead atoms. The summed E-state index contributed by atoms with van der Waals surface area (Å²) in [5.74, 6) is -0.669. The summed E-state index contributed by atoms with van der Waals surface area (Å²) in [5, 5.41) is 8.91. The van der Waals surface area contributed by atoms with E-state index in [1.54, 1.807) is 0 Å². The number of alkyl halides is 4. The lowest BCUT2D eigenvalue weighted by Gasteiger charge is -2.07. The Morgan fingerprint density at radius 1 is 1.23 bits per heavy atom. The molecule has 0 spiro atoms. The van der Waals surface area contributed by atoms with Gasteiger partial charge in [-0.25, -0.2) is 4.39 Å². The van der Waals surface area contributed by atoms with Crippen molar-refractivity contribution in [3.05, 3.63) is 29.3 Å². The lowest BCUT2D eigenvalue weighted by Crippen LogP contribution is -2.04. The molecule has 5 heteroatoms. The van der Waals surface area contributed by atoms with Gasteiger partial charge in [0.2, 0.25) is 0 Å². The van der Waals surface area contributed by atoms with Crippen LogP contribution in [0.4, 0.5) is 17.6 Å². The van der Waals surface area contributed by atoms with Gasteiger partial charge < -0.3 is 5.11 Å². The number of phenolic OH excluding ortho intramolecular Hbond substituents is 1. The standard InChI is InChI=1S/C8H6F4O/c9-4-5-1-2-6(3-7(5)13)8(10,11)12/h1-3,13H,4H2. The van der Waals surface area contributed by atoms with Gasteiger partial charge in [0.1, 0.15) is 12.4 Å². The Labute approximate surface area is 71.6 Å². The molecule has 1 aromatic carbocycles. The van der Waals surface area contributed by atoms with Crippen LogP contribution in [0.3, 0.4) is 0 Å². The number of aromatic hydroxyl groups is 1. The average molecular weight is 194 g/mol. The minimum absolute atomic E-state index is 0.145. The molecule has 0 amide bonds. The molecule has 0 aromatic heterocycles. The zero-order valence-corrected chi connectivity index (χ0v) is 6.40. The fourth-order valence-corrected chi connectivity index (χ4v) is 0.853. The summed E-state index contributed by atoms with van der Waals surface area (Å²) in [6.07, 6.45) is -4.51. The van der Waals surface area contributed by atoms with Crippen molar-refractivity contribution in [3.63, 3.8) is 0 Å². The topological polar surface area (TPSA) is 20.2 Å². The normalized spacial score (nSPS) is 11.7. The molecule has 1 N–H and O–H groups in total. The maximum absolute atomic E-state index is 12.0. The lowest BCUT2D eigenvalue weighted by molar-refractivity contribution is -0.137. The molecule has 0 aliphatic carbocycles. The smallest absolute Gasteiger partial charge is 0.416 e. The second kappa shape index (κ2) is 3.24. The van der Waals surface area contributed by atoms with E-state index in [0.717, 1.165) is 12.1 Å². The molecule has 1 aromatic rings. The maximum Gasteiger partial charge on any atom is 0.416 e. The van der Waals surface area contributed by atoms with E-state index in [-0.39, 0.29) is 5.56 Å². The second-order valence-electron chi connectivity index (χ2n) is 2.47. The van der Waals surface area contributed by atoms with Crippen LogP contribution in [0.25, 0.3) is 0 Å².